The van der Waals surface area contributed by atoms with Gasteiger partial charge in [0.05, 0.1) is 18.3 Å². The predicted molar refractivity (Wildman–Crippen MR) is 230 cm³/mol. The average Bonchev–Trinajstić information content (AvgIpc) is 3.20. The molecule has 61 heavy (non-hydrogen) atoms. The largest absolute Gasteiger partial charge is 0.481 e. The highest BCUT2D eigenvalue weighted by molar-refractivity contribution is 5.85. The molecular weight excluding hydrogens is 781 g/mol. The van der Waals surface area contributed by atoms with Gasteiger partial charge in [-0.1, -0.05) is 100 Å². The van der Waals surface area contributed by atoms with Crippen LogP contribution in [0.2, 0.25) is 0 Å². The lowest BCUT2D eigenvalue weighted by atomic mass is 9.83. The van der Waals surface area contributed by atoms with Crippen LogP contribution in [0.3, 0.4) is 0 Å². The van der Waals surface area contributed by atoms with Gasteiger partial charge in [0.15, 0.2) is 0 Å². The summed E-state index contributed by atoms with van der Waals surface area (Å²) < 4.78 is 0. The Morgan fingerprint density at radius 3 is 1.62 bits per heavy atom. The topological polar surface area (TPSA) is 246 Å². The first-order chi connectivity index (χ1) is 29.2. The monoisotopic (exact) mass is 846 g/mol. The zero-order valence-corrected chi connectivity index (χ0v) is 35.6. The van der Waals surface area contributed by atoms with E-state index in [-0.39, 0.29) is 73.6 Å². The van der Waals surface area contributed by atoms with Crippen LogP contribution < -0.4 is 32.3 Å². The summed E-state index contributed by atoms with van der Waals surface area (Å²) in [5, 5.41) is 33.4. The molecular formula is C46H66N6O9. The van der Waals surface area contributed by atoms with Gasteiger partial charge in [0.2, 0.25) is 29.5 Å². The molecule has 2 fully saturated rings. The summed E-state index contributed by atoms with van der Waals surface area (Å²) in [5.41, 5.74) is 8.16. The van der Waals surface area contributed by atoms with Crippen molar-refractivity contribution in [2.45, 2.75) is 153 Å². The fraction of sp³-hybridized carbons (Fsp3) is 0.587. The van der Waals surface area contributed by atoms with Crippen LogP contribution in [0, 0.1) is 17.8 Å². The second-order valence-electron chi connectivity index (χ2n) is 17.2. The van der Waals surface area contributed by atoms with Crippen LogP contribution in [-0.4, -0.2) is 87.9 Å². The number of nitrogens with two attached hydrogens (primary N) is 1. The summed E-state index contributed by atoms with van der Waals surface area (Å²) in [4.78, 5) is 90.5. The number of nitrogens with one attached hydrogen (secondary N) is 5. The third-order valence-corrected chi connectivity index (χ3v) is 11.9. The Hall–Kier alpha value is -5.31. The molecule has 0 unspecified atom stereocenters. The summed E-state index contributed by atoms with van der Waals surface area (Å²) in [5.74, 6) is -4.85. The summed E-state index contributed by atoms with van der Waals surface area (Å²) in [7, 11) is 0. The molecule has 2 aromatic rings. The number of carboxylic acids is 2. The number of hydrogen-bond donors (Lipinski definition) is 8. The molecule has 15 nitrogen and oxygen atoms in total. The van der Waals surface area contributed by atoms with E-state index in [4.69, 9.17) is 10.8 Å². The standard InChI is InChI=1S/C46H66N6O9/c1-29(2)39(52-41(54)26-34(24-31-15-7-4-8-16-31)49-45(60)35-17-9-11-19-37(35)47)28-42(55)51-38-20-12-10-18-36(38)46(61)50-33(23-30-13-5-3-6-14-30)25-40(53)48-32(27-44(58)59)21-22-43(56)57/h3-8,13-16,29,32-39H,9-12,17-28,47H2,1-2H3,(H,48,53)(H,49,60)(H,50,61)(H,51,55)(H,52,54)(H,56,57)(H,58,59)/t32-,33-,34-,35+,36+,37+,38+,39+/m0/s1. The van der Waals surface area contributed by atoms with Crippen molar-refractivity contribution in [2.24, 2.45) is 23.5 Å². The number of benzene rings is 2. The third-order valence-electron chi connectivity index (χ3n) is 11.9. The Balaban J connectivity index is 1.38. The number of hydrogen-bond acceptors (Lipinski definition) is 8. The van der Waals surface area contributed by atoms with Crippen LogP contribution in [0.25, 0.3) is 0 Å². The lowest BCUT2D eigenvalue weighted by molar-refractivity contribution is -0.140. The number of carboxylic acid groups (broad SMARTS) is 2. The van der Waals surface area contributed by atoms with Crippen LogP contribution >= 0.6 is 0 Å². The molecule has 9 N–H and O–H groups in total. The first-order valence-electron chi connectivity index (χ1n) is 21.9. The number of rotatable bonds is 23. The first kappa shape index (κ1) is 48.4. The van der Waals surface area contributed by atoms with E-state index in [9.17, 15) is 38.7 Å². The van der Waals surface area contributed by atoms with Gasteiger partial charge >= 0.3 is 11.9 Å². The number of amides is 5. The van der Waals surface area contributed by atoms with Gasteiger partial charge in [-0.3, -0.25) is 33.6 Å². The molecule has 0 radical (unpaired) electrons. The maximum absolute atomic E-state index is 14.0. The zero-order valence-electron chi connectivity index (χ0n) is 35.6. The molecule has 2 aliphatic rings. The van der Waals surface area contributed by atoms with Crippen molar-refractivity contribution < 1.29 is 43.8 Å². The normalized spacial score (nSPS) is 20.9. The van der Waals surface area contributed by atoms with Crippen molar-refractivity contribution in [3.05, 3.63) is 71.8 Å². The van der Waals surface area contributed by atoms with Gasteiger partial charge in [0, 0.05) is 61.9 Å². The van der Waals surface area contributed by atoms with Crippen molar-refractivity contribution in [2.75, 3.05) is 0 Å². The number of carbonyl (C=O) groups is 7. The smallest absolute Gasteiger partial charge is 0.305 e. The molecule has 0 bridgehead atoms. The number of carbonyl (C=O) groups excluding carboxylic acids is 5. The Morgan fingerprint density at radius 1 is 0.590 bits per heavy atom. The molecule has 2 aliphatic carbocycles. The highest BCUT2D eigenvalue weighted by Gasteiger charge is 2.35. The molecule has 4 rings (SSSR count). The highest BCUT2D eigenvalue weighted by Crippen LogP contribution is 2.26. The minimum absolute atomic E-state index is 0.0168. The van der Waals surface area contributed by atoms with Gasteiger partial charge in [-0.25, -0.2) is 0 Å². The average molecular weight is 847 g/mol. The van der Waals surface area contributed by atoms with Crippen molar-refractivity contribution in [3.8, 4) is 0 Å². The van der Waals surface area contributed by atoms with Crippen LogP contribution in [0.1, 0.15) is 115 Å². The van der Waals surface area contributed by atoms with Gasteiger partial charge in [0.1, 0.15) is 0 Å². The third kappa shape index (κ3) is 17.3. The summed E-state index contributed by atoms with van der Waals surface area (Å²) >= 11 is 0. The molecule has 334 valence electrons. The van der Waals surface area contributed by atoms with Crippen LogP contribution in [0.15, 0.2) is 60.7 Å². The van der Waals surface area contributed by atoms with Crippen molar-refractivity contribution >= 4 is 41.5 Å². The van der Waals surface area contributed by atoms with E-state index >= 15 is 0 Å². The molecule has 8 atom stereocenters. The SMILES string of the molecule is CC(C)[C@@H](CC(=O)N[C@@H]1CCCC[C@H]1C(=O)N[C@H](CC(=O)N[C@@H](CCC(=O)O)CC(=O)O)Cc1ccccc1)NC(=O)C[C@H](Cc1ccccc1)NC(=O)[C@@H]1CCCC[C@H]1N. The fourth-order valence-corrected chi connectivity index (χ4v) is 8.52. The van der Waals surface area contributed by atoms with Gasteiger partial charge in [0.25, 0.3) is 0 Å². The molecule has 5 amide bonds. The van der Waals surface area contributed by atoms with Crippen LogP contribution in [0.4, 0.5) is 0 Å². The second kappa shape index (κ2) is 24.8. The first-order valence-corrected chi connectivity index (χ1v) is 21.9. The maximum Gasteiger partial charge on any atom is 0.305 e. The van der Waals surface area contributed by atoms with Gasteiger partial charge in [-0.15, -0.1) is 0 Å². The minimum atomic E-state index is -1.18. The van der Waals surface area contributed by atoms with Crippen molar-refractivity contribution in [1.82, 2.24) is 26.6 Å². The minimum Gasteiger partial charge on any atom is -0.481 e. The molecule has 0 spiro atoms. The number of aliphatic carboxylic acids is 2. The molecule has 0 aromatic heterocycles. The van der Waals surface area contributed by atoms with Crippen molar-refractivity contribution in [3.63, 3.8) is 0 Å². The molecule has 15 heteroatoms. The van der Waals surface area contributed by atoms with Gasteiger partial charge in [-0.05, 0) is 62.0 Å². The Labute approximate surface area is 359 Å². The summed E-state index contributed by atoms with van der Waals surface area (Å²) in [6.07, 6.45) is 5.86. The predicted octanol–water partition coefficient (Wildman–Crippen LogP) is 3.77. The molecule has 2 saturated carbocycles. The van der Waals surface area contributed by atoms with Crippen LogP contribution in [0.5, 0.6) is 0 Å². The van der Waals surface area contributed by atoms with E-state index in [1.807, 2.05) is 74.5 Å². The molecule has 0 aliphatic heterocycles. The maximum atomic E-state index is 14.0. The highest BCUT2D eigenvalue weighted by atomic mass is 16.4. The van der Waals surface area contributed by atoms with E-state index in [0.29, 0.717) is 32.1 Å². The Bertz CT molecular complexity index is 1760. The Morgan fingerprint density at radius 2 is 1.10 bits per heavy atom. The van der Waals surface area contributed by atoms with E-state index in [1.165, 1.54) is 0 Å². The van der Waals surface area contributed by atoms with Crippen molar-refractivity contribution in [1.29, 1.82) is 0 Å². The van der Waals surface area contributed by atoms with Gasteiger partial charge in [-0.2, -0.15) is 0 Å². The summed E-state index contributed by atoms with van der Waals surface area (Å²) in [6.45, 7) is 3.84. The molecule has 2 aromatic carbocycles. The quantitative estimate of drug-likeness (QED) is 0.0805. The summed E-state index contributed by atoms with van der Waals surface area (Å²) in [6, 6.07) is 15.7. The lowest BCUT2D eigenvalue weighted by Crippen LogP contribution is -2.52. The van der Waals surface area contributed by atoms with E-state index in [1.54, 1.807) is 0 Å². The zero-order chi connectivity index (χ0) is 44.3. The van der Waals surface area contributed by atoms with E-state index in [2.05, 4.69) is 26.6 Å². The van der Waals surface area contributed by atoms with Crippen LogP contribution in [-0.2, 0) is 46.4 Å². The Kier molecular flexibility index (Phi) is 19.7. The van der Waals surface area contributed by atoms with E-state index < -0.39 is 60.4 Å². The fourth-order valence-electron chi connectivity index (χ4n) is 8.52. The molecule has 0 heterocycles. The van der Waals surface area contributed by atoms with E-state index in [0.717, 1.165) is 43.2 Å². The lowest BCUT2D eigenvalue weighted by Gasteiger charge is -2.33. The second-order valence-corrected chi connectivity index (χ2v) is 17.2. The molecule has 0 saturated heterocycles. The van der Waals surface area contributed by atoms with Gasteiger partial charge < -0.3 is 42.5 Å².